The van der Waals surface area contributed by atoms with Gasteiger partial charge in [0.2, 0.25) is 5.91 Å². The third-order valence-electron chi connectivity index (χ3n) is 4.87. The highest BCUT2D eigenvalue weighted by Gasteiger charge is 2.28. The van der Waals surface area contributed by atoms with Crippen molar-refractivity contribution in [3.63, 3.8) is 0 Å². The van der Waals surface area contributed by atoms with Crippen LogP contribution in [0.5, 0.6) is 5.75 Å². The molecule has 0 aromatic heterocycles. The molecule has 1 N–H and O–H groups in total. The smallest absolute Gasteiger partial charge is 0.261 e. The molecule has 0 radical (unpaired) electrons. The Morgan fingerprint density at radius 1 is 1.03 bits per heavy atom. The number of carbonyl (C=O) groups is 2. The number of ether oxygens (including phenoxy) is 1. The van der Waals surface area contributed by atoms with Gasteiger partial charge in [0, 0.05) is 13.1 Å². The van der Waals surface area contributed by atoms with Crippen molar-refractivity contribution in [1.82, 2.24) is 10.2 Å². The second kappa shape index (κ2) is 11.2. The summed E-state index contributed by atoms with van der Waals surface area (Å²) in [5.41, 5.74) is 3.33. The van der Waals surface area contributed by atoms with E-state index in [9.17, 15) is 9.59 Å². The van der Waals surface area contributed by atoms with E-state index in [-0.39, 0.29) is 18.4 Å². The normalized spacial score (nSPS) is 11.6. The Morgan fingerprint density at radius 3 is 2.34 bits per heavy atom. The monoisotopic (exact) mass is 396 g/mol. The number of hydrogen-bond acceptors (Lipinski definition) is 3. The molecule has 0 unspecified atom stereocenters. The van der Waals surface area contributed by atoms with Crippen molar-refractivity contribution >= 4 is 11.8 Å². The van der Waals surface area contributed by atoms with Crippen molar-refractivity contribution in [3.05, 3.63) is 65.2 Å². The molecule has 2 amide bonds. The number of hydrogen-bond donors (Lipinski definition) is 1. The van der Waals surface area contributed by atoms with Crippen molar-refractivity contribution in [2.45, 2.75) is 53.1 Å². The van der Waals surface area contributed by atoms with Gasteiger partial charge in [-0.05, 0) is 49.9 Å². The average molecular weight is 397 g/mol. The summed E-state index contributed by atoms with van der Waals surface area (Å²) in [7, 11) is 0. The fourth-order valence-electron chi connectivity index (χ4n) is 3.27. The van der Waals surface area contributed by atoms with Crippen LogP contribution in [0.25, 0.3) is 0 Å². The molecular weight excluding hydrogens is 364 g/mol. The molecule has 2 aromatic carbocycles. The first-order valence-electron chi connectivity index (χ1n) is 10.3. The van der Waals surface area contributed by atoms with Gasteiger partial charge in [-0.1, -0.05) is 55.8 Å². The highest BCUT2D eigenvalue weighted by molar-refractivity contribution is 5.88. The Hall–Kier alpha value is -2.82. The molecule has 0 heterocycles. The zero-order valence-electron chi connectivity index (χ0n) is 17.9. The van der Waals surface area contributed by atoms with Crippen LogP contribution in [-0.2, 0) is 22.6 Å². The van der Waals surface area contributed by atoms with Crippen LogP contribution in [0.1, 0.15) is 43.9 Å². The molecule has 29 heavy (non-hydrogen) atoms. The fraction of sp³-hybridized carbons (Fsp3) is 0.417. The molecule has 5 nitrogen and oxygen atoms in total. The van der Waals surface area contributed by atoms with Crippen LogP contribution in [0.2, 0.25) is 0 Å². The first kappa shape index (κ1) is 22.5. The zero-order valence-corrected chi connectivity index (χ0v) is 17.9. The molecule has 2 rings (SSSR count). The topological polar surface area (TPSA) is 58.6 Å². The van der Waals surface area contributed by atoms with Crippen LogP contribution in [0.4, 0.5) is 0 Å². The van der Waals surface area contributed by atoms with Crippen LogP contribution < -0.4 is 10.1 Å². The lowest BCUT2D eigenvalue weighted by molar-refractivity contribution is -0.142. The van der Waals surface area contributed by atoms with E-state index in [1.807, 2.05) is 69.3 Å². The molecule has 0 fully saturated rings. The Labute approximate surface area is 174 Å². The van der Waals surface area contributed by atoms with Gasteiger partial charge in [0.15, 0.2) is 6.61 Å². The fourth-order valence-corrected chi connectivity index (χ4v) is 3.27. The van der Waals surface area contributed by atoms with Gasteiger partial charge in [-0.3, -0.25) is 9.59 Å². The molecule has 5 heteroatoms. The molecule has 0 bridgehead atoms. The van der Waals surface area contributed by atoms with E-state index in [1.54, 1.807) is 4.90 Å². The van der Waals surface area contributed by atoms with Gasteiger partial charge >= 0.3 is 0 Å². The van der Waals surface area contributed by atoms with Gasteiger partial charge in [0.05, 0.1) is 0 Å². The van der Waals surface area contributed by atoms with E-state index in [4.69, 9.17) is 4.74 Å². The lowest BCUT2D eigenvalue weighted by Crippen LogP contribution is -2.50. The predicted molar refractivity (Wildman–Crippen MR) is 116 cm³/mol. The maximum Gasteiger partial charge on any atom is 0.261 e. The van der Waals surface area contributed by atoms with Crippen molar-refractivity contribution in [2.75, 3.05) is 13.2 Å². The van der Waals surface area contributed by atoms with E-state index >= 15 is 0 Å². The Bertz CT molecular complexity index is 802. The molecule has 0 aliphatic rings. The van der Waals surface area contributed by atoms with Gasteiger partial charge < -0.3 is 15.0 Å². The van der Waals surface area contributed by atoms with Crippen molar-refractivity contribution in [1.29, 1.82) is 0 Å². The second-order valence-electron chi connectivity index (χ2n) is 7.12. The molecule has 1 atom stereocenters. The van der Waals surface area contributed by atoms with Crippen LogP contribution in [0, 0.1) is 6.92 Å². The van der Waals surface area contributed by atoms with E-state index in [0.29, 0.717) is 25.3 Å². The molecule has 156 valence electrons. The number of amides is 2. The van der Waals surface area contributed by atoms with Crippen LogP contribution in [-0.4, -0.2) is 35.9 Å². The average Bonchev–Trinajstić information content (AvgIpc) is 2.72. The zero-order chi connectivity index (χ0) is 21.2. The quantitative estimate of drug-likeness (QED) is 0.663. The minimum Gasteiger partial charge on any atom is -0.484 e. The SMILES string of the molecule is CCNC(=O)[C@H](CC)N(Cc1cccc(C)c1)C(=O)COc1ccc(CC)cc1. The van der Waals surface area contributed by atoms with Crippen LogP contribution in [0.3, 0.4) is 0 Å². The summed E-state index contributed by atoms with van der Waals surface area (Å²) in [6.45, 7) is 8.69. The van der Waals surface area contributed by atoms with Gasteiger partial charge in [-0.25, -0.2) is 0 Å². The number of nitrogens with one attached hydrogen (secondary N) is 1. The Kier molecular flexibility index (Phi) is 8.71. The minimum absolute atomic E-state index is 0.104. The first-order chi connectivity index (χ1) is 14.0. The van der Waals surface area contributed by atoms with E-state index in [1.165, 1.54) is 5.56 Å². The number of aryl methyl sites for hydroxylation is 2. The summed E-state index contributed by atoms with van der Waals surface area (Å²) in [4.78, 5) is 27.3. The molecule has 0 spiro atoms. The molecule has 0 saturated heterocycles. The Morgan fingerprint density at radius 2 is 1.76 bits per heavy atom. The summed E-state index contributed by atoms with van der Waals surface area (Å²) >= 11 is 0. The van der Waals surface area contributed by atoms with Crippen molar-refractivity contribution < 1.29 is 14.3 Å². The van der Waals surface area contributed by atoms with Crippen LogP contribution in [0.15, 0.2) is 48.5 Å². The number of carbonyl (C=O) groups excluding carboxylic acids is 2. The van der Waals surface area contributed by atoms with E-state index in [2.05, 4.69) is 12.2 Å². The summed E-state index contributed by atoms with van der Waals surface area (Å²) < 4.78 is 5.72. The van der Waals surface area contributed by atoms with Gasteiger partial charge in [-0.15, -0.1) is 0 Å². The molecular formula is C24H32N2O3. The third-order valence-corrected chi connectivity index (χ3v) is 4.87. The second-order valence-corrected chi connectivity index (χ2v) is 7.12. The summed E-state index contributed by atoms with van der Waals surface area (Å²) in [6, 6.07) is 15.2. The maximum atomic E-state index is 13.1. The van der Waals surface area contributed by atoms with Crippen molar-refractivity contribution in [2.24, 2.45) is 0 Å². The van der Waals surface area contributed by atoms with Gasteiger partial charge in [-0.2, -0.15) is 0 Å². The minimum atomic E-state index is -0.533. The highest BCUT2D eigenvalue weighted by atomic mass is 16.5. The lowest BCUT2D eigenvalue weighted by atomic mass is 10.1. The Balaban J connectivity index is 2.17. The van der Waals surface area contributed by atoms with E-state index < -0.39 is 6.04 Å². The molecule has 0 aliphatic carbocycles. The molecule has 2 aromatic rings. The van der Waals surface area contributed by atoms with Gasteiger partial charge in [0.1, 0.15) is 11.8 Å². The van der Waals surface area contributed by atoms with Crippen LogP contribution >= 0.6 is 0 Å². The van der Waals surface area contributed by atoms with Gasteiger partial charge in [0.25, 0.3) is 5.91 Å². The summed E-state index contributed by atoms with van der Waals surface area (Å²) in [6.07, 6.45) is 1.49. The standard InChI is InChI=1S/C24H32N2O3/c1-5-19-11-13-21(14-12-19)29-17-23(27)26(22(6-2)24(28)25-7-3)16-20-10-8-9-18(4)15-20/h8-15,22H,5-7,16-17H2,1-4H3,(H,25,28)/t22-/m0/s1. The third kappa shape index (κ3) is 6.63. The molecule has 0 saturated carbocycles. The molecule has 0 aliphatic heterocycles. The maximum absolute atomic E-state index is 13.1. The number of benzene rings is 2. The first-order valence-corrected chi connectivity index (χ1v) is 10.3. The highest BCUT2D eigenvalue weighted by Crippen LogP contribution is 2.16. The number of rotatable bonds is 10. The predicted octanol–water partition coefficient (Wildman–Crippen LogP) is 3.88. The number of likely N-dealkylation sites (N-methyl/N-ethyl adjacent to an activating group) is 1. The number of nitrogens with zero attached hydrogens (tertiary/aromatic N) is 1. The summed E-state index contributed by atoms with van der Waals surface area (Å²) in [5, 5.41) is 2.84. The van der Waals surface area contributed by atoms with Crippen molar-refractivity contribution in [3.8, 4) is 5.75 Å². The lowest BCUT2D eigenvalue weighted by Gasteiger charge is -2.30. The largest absolute Gasteiger partial charge is 0.484 e. The summed E-state index contributed by atoms with van der Waals surface area (Å²) in [5.74, 6) is 0.310. The van der Waals surface area contributed by atoms with E-state index in [0.717, 1.165) is 17.5 Å².